The van der Waals surface area contributed by atoms with Gasteiger partial charge in [-0.15, -0.1) is 0 Å². The summed E-state index contributed by atoms with van der Waals surface area (Å²) in [6.45, 7) is 2.74. The van der Waals surface area contributed by atoms with Crippen molar-refractivity contribution in [3.63, 3.8) is 0 Å². The van der Waals surface area contributed by atoms with Gasteiger partial charge >= 0.3 is 5.97 Å². The van der Waals surface area contributed by atoms with E-state index in [1.54, 1.807) is 33.3 Å². The van der Waals surface area contributed by atoms with Crippen molar-refractivity contribution in [2.24, 2.45) is 11.8 Å². The van der Waals surface area contributed by atoms with Crippen molar-refractivity contribution in [3.8, 4) is 11.5 Å². The highest BCUT2D eigenvalue weighted by Crippen LogP contribution is 2.42. The number of ether oxygens (including phenoxy) is 4. The van der Waals surface area contributed by atoms with Crippen LogP contribution in [0.1, 0.15) is 34.5 Å². The van der Waals surface area contributed by atoms with E-state index in [2.05, 4.69) is 0 Å². The van der Waals surface area contributed by atoms with Crippen LogP contribution in [0.5, 0.6) is 11.5 Å². The number of methoxy groups -OCH3 is 2. The molecule has 0 amide bonds. The van der Waals surface area contributed by atoms with Crippen molar-refractivity contribution in [2.45, 2.75) is 19.4 Å². The monoisotopic (exact) mass is 400 g/mol. The van der Waals surface area contributed by atoms with E-state index in [-0.39, 0.29) is 30.5 Å². The third kappa shape index (κ3) is 4.71. The van der Waals surface area contributed by atoms with Crippen molar-refractivity contribution < 1.29 is 28.8 Å². The van der Waals surface area contributed by atoms with Crippen LogP contribution < -0.4 is 9.47 Å². The minimum Gasteiger partial charge on any atom is -0.493 e. The Morgan fingerprint density at radius 3 is 2.45 bits per heavy atom. The topological polar surface area (TPSA) is 74.2 Å². The molecule has 1 aliphatic rings. The lowest BCUT2D eigenvalue weighted by molar-refractivity contribution is 0.0526. The smallest absolute Gasteiger partial charge is 0.338 e. The van der Waals surface area contributed by atoms with Gasteiger partial charge in [0.25, 0.3) is 0 Å². The van der Waals surface area contributed by atoms with Crippen LogP contribution >= 0.6 is 0 Å². The van der Waals surface area contributed by atoms with E-state index in [0.29, 0.717) is 30.3 Å². The first-order valence-corrected chi connectivity index (χ1v) is 9.81. The van der Waals surface area contributed by atoms with E-state index in [1.807, 2.05) is 30.3 Å². The van der Waals surface area contributed by atoms with Crippen LogP contribution in [-0.4, -0.2) is 45.1 Å². The van der Waals surface area contributed by atoms with Gasteiger partial charge in [0.15, 0.2) is 11.5 Å². The molecule has 3 atom stereocenters. The SMILES string of the molecule is CCOC(=O)c1ccc(C[C@H]2CO[C@H](c3ccc(OC)c(OC)c3)[C@H]2CO)cc1. The number of hydrogen-bond donors (Lipinski definition) is 1. The van der Waals surface area contributed by atoms with Gasteiger partial charge in [-0.25, -0.2) is 4.79 Å². The van der Waals surface area contributed by atoms with Crippen LogP contribution in [0.4, 0.5) is 0 Å². The maximum atomic E-state index is 11.8. The fourth-order valence-electron chi connectivity index (χ4n) is 3.84. The fourth-order valence-corrected chi connectivity index (χ4v) is 3.84. The summed E-state index contributed by atoms with van der Waals surface area (Å²) in [7, 11) is 3.20. The van der Waals surface area contributed by atoms with Gasteiger partial charge in [-0.05, 0) is 54.7 Å². The number of benzene rings is 2. The van der Waals surface area contributed by atoms with Crippen molar-refractivity contribution >= 4 is 5.97 Å². The molecule has 0 bridgehead atoms. The Hall–Kier alpha value is -2.57. The van der Waals surface area contributed by atoms with Crippen molar-refractivity contribution in [1.29, 1.82) is 0 Å². The minimum absolute atomic E-state index is 0.0298. The third-order valence-corrected chi connectivity index (χ3v) is 5.39. The normalized spacial score (nSPS) is 21.0. The molecule has 1 aliphatic heterocycles. The standard InChI is InChI=1S/C23H28O6/c1-4-28-23(25)16-7-5-15(6-8-16)11-18-14-29-22(19(18)13-24)17-9-10-20(26-2)21(12-17)27-3/h5-10,12,18-19,22,24H,4,11,13-14H2,1-3H3/t18-,19-,22+/m0/s1. The summed E-state index contributed by atoms with van der Waals surface area (Å²) in [6, 6.07) is 13.1. The molecule has 6 heteroatoms. The van der Waals surface area contributed by atoms with Gasteiger partial charge in [-0.1, -0.05) is 18.2 Å². The van der Waals surface area contributed by atoms with Crippen LogP contribution in [0.15, 0.2) is 42.5 Å². The molecule has 29 heavy (non-hydrogen) atoms. The second kappa shape index (κ2) is 9.76. The van der Waals surface area contributed by atoms with Crippen molar-refractivity contribution in [2.75, 3.05) is 34.0 Å². The van der Waals surface area contributed by atoms with Crippen molar-refractivity contribution in [1.82, 2.24) is 0 Å². The van der Waals surface area contributed by atoms with E-state index in [0.717, 1.165) is 17.5 Å². The van der Waals surface area contributed by atoms with Gasteiger partial charge in [-0.2, -0.15) is 0 Å². The van der Waals surface area contributed by atoms with Gasteiger partial charge in [0.2, 0.25) is 0 Å². The molecule has 156 valence electrons. The zero-order valence-corrected chi connectivity index (χ0v) is 17.1. The summed E-state index contributed by atoms with van der Waals surface area (Å²) in [5, 5.41) is 10.1. The van der Waals surface area contributed by atoms with E-state index in [9.17, 15) is 9.90 Å². The Bertz CT molecular complexity index is 817. The fraction of sp³-hybridized carbons (Fsp3) is 0.435. The molecule has 0 aliphatic carbocycles. The summed E-state index contributed by atoms with van der Waals surface area (Å²) >= 11 is 0. The third-order valence-electron chi connectivity index (χ3n) is 5.39. The lowest BCUT2D eigenvalue weighted by Gasteiger charge is -2.22. The zero-order valence-electron chi connectivity index (χ0n) is 17.1. The van der Waals surface area contributed by atoms with Crippen molar-refractivity contribution in [3.05, 3.63) is 59.2 Å². The zero-order chi connectivity index (χ0) is 20.8. The number of hydrogen-bond acceptors (Lipinski definition) is 6. The highest BCUT2D eigenvalue weighted by molar-refractivity contribution is 5.89. The first-order chi connectivity index (χ1) is 14.1. The van der Waals surface area contributed by atoms with Crippen LogP contribution in [0.3, 0.4) is 0 Å². The predicted molar refractivity (Wildman–Crippen MR) is 108 cm³/mol. The minimum atomic E-state index is -0.315. The van der Waals surface area contributed by atoms with Crippen LogP contribution in [0.2, 0.25) is 0 Å². The Morgan fingerprint density at radius 2 is 1.83 bits per heavy atom. The average molecular weight is 400 g/mol. The molecule has 2 aromatic rings. The first kappa shape index (κ1) is 21.1. The summed E-state index contributed by atoms with van der Waals surface area (Å²) < 4.78 is 21.8. The van der Waals surface area contributed by atoms with Crippen LogP contribution in [0, 0.1) is 11.8 Å². The van der Waals surface area contributed by atoms with Gasteiger partial charge in [0.1, 0.15) is 0 Å². The largest absolute Gasteiger partial charge is 0.493 e. The summed E-state index contributed by atoms with van der Waals surface area (Å²) in [5.74, 6) is 1.13. The maximum Gasteiger partial charge on any atom is 0.338 e. The van der Waals surface area contributed by atoms with E-state index >= 15 is 0 Å². The molecular weight excluding hydrogens is 372 g/mol. The quantitative estimate of drug-likeness (QED) is 0.685. The molecule has 1 fully saturated rings. The first-order valence-electron chi connectivity index (χ1n) is 9.81. The molecule has 0 radical (unpaired) electrons. The van der Waals surface area contributed by atoms with Gasteiger partial charge < -0.3 is 24.1 Å². The maximum absolute atomic E-state index is 11.8. The van der Waals surface area contributed by atoms with Gasteiger partial charge in [-0.3, -0.25) is 0 Å². The van der Waals surface area contributed by atoms with E-state index < -0.39 is 0 Å². The van der Waals surface area contributed by atoms with Crippen LogP contribution in [0.25, 0.3) is 0 Å². The lowest BCUT2D eigenvalue weighted by Crippen LogP contribution is -2.21. The second-order valence-corrected chi connectivity index (χ2v) is 7.10. The molecular formula is C23H28O6. The number of carbonyl (C=O) groups is 1. The summed E-state index contributed by atoms with van der Waals surface area (Å²) in [6.07, 6.45) is 0.557. The molecule has 0 saturated carbocycles. The number of aliphatic hydroxyl groups excluding tert-OH is 1. The molecule has 0 spiro atoms. The average Bonchev–Trinajstić information content (AvgIpc) is 3.16. The van der Waals surface area contributed by atoms with Gasteiger partial charge in [0, 0.05) is 12.5 Å². The highest BCUT2D eigenvalue weighted by Gasteiger charge is 2.38. The molecule has 2 aromatic carbocycles. The molecule has 1 heterocycles. The number of esters is 1. The Kier molecular flexibility index (Phi) is 7.12. The number of rotatable bonds is 8. The van der Waals surface area contributed by atoms with Gasteiger partial charge in [0.05, 0.1) is 39.1 Å². The summed E-state index contributed by atoms with van der Waals surface area (Å²) in [4.78, 5) is 11.8. The van der Waals surface area contributed by atoms with E-state index in [1.165, 1.54) is 0 Å². The lowest BCUT2D eigenvalue weighted by atomic mass is 9.84. The molecule has 1 saturated heterocycles. The molecule has 0 aromatic heterocycles. The van der Waals surface area contributed by atoms with Crippen LogP contribution in [-0.2, 0) is 15.9 Å². The Labute approximate surface area is 171 Å². The van der Waals surface area contributed by atoms with E-state index in [4.69, 9.17) is 18.9 Å². The predicted octanol–water partition coefficient (Wildman–Crippen LogP) is 3.42. The Balaban J connectivity index is 1.72. The molecule has 6 nitrogen and oxygen atoms in total. The number of carbonyl (C=O) groups excluding carboxylic acids is 1. The Morgan fingerprint density at radius 1 is 1.10 bits per heavy atom. The molecule has 3 rings (SSSR count). The number of aliphatic hydroxyl groups is 1. The molecule has 0 unspecified atom stereocenters. The summed E-state index contributed by atoms with van der Waals surface area (Å²) in [5.41, 5.74) is 2.60. The highest BCUT2D eigenvalue weighted by atomic mass is 16.5. The second-order valence-electron chi connectivity index (χ2n) is 7.10. The molecule has 1 N–H and O–H groups in total.